The molecule has 1 unspecified atom stereocenters. The molecule has 0 bridgehead atoms. The number of anilines is 1. The van der Waals surface area contributed by atoms with Crippen molar-refractivity contribution in [1.29, 1.82) is 0 Å². The molecule has 0 amide bonds. The highest BCUT2D eigenvalue weighted by Gasteiger charge is 2.05. The van der Waals surface area contributed by atoms with E-state index in [1.165, 1.54) is 10.9 Å². The summed E-state index contributed by atoms with van der Waals surface area (Å²) in [5.41, 5.74) is 9.21. The molecule has 0 aliphatic rings. The first-order chi connectivity index (χ1) is 7.61. The number of nitrogen functional groups attached to an aromatic ring is 1. The van der Waals surface area contributed by atoms with Gasteiger partial charge in [-0.05, 0) is 48.6 Å². The molecule has 0 aliphatic carbocycles. The summed E-state index contributed by atoms with van der Waals surface area (Å²) in [6.45, 7) is 6.46. The minimum absolute atomic E-state index is 0.599. The van der Waals surface area contributed by atoms with Gasteiger partial charge >= 0.3 is 0 Å². The number of hydrogen-bond donors (Lipinski definition) is 1. The summed E-state index contributed by atoms with van der Waals surface area (Å²) >= 11 is 0. The summed E-state index contributed by atoms with van der Waals surface area (Å²) in [5, 5.41) is 1.18. The van der Waals surface area contributed by atoms with Gasteiger partial charge in [-0.1, -0.05) is 19.9 Å². The fourth-order valence-corrected chi connectivity index (χ4v) is 1.86. The van der Waals surface area contributed by atoms with E-state index in [4.69, 9.17) is 5.73 Å². The Morgan fingerprint density at radius 3 is 2.75 bits per heavy atom. The van der Waals surface area contributed by atoms with Crippen LogP contribution in [0.2, 0.25) is 0 Å². The Hall–Kier alpha value is -1.57. The van der Waals surface area contributed by atoms with Gasteiger partial charge in [0, 0.05) is 5.39 Å². The van der Waals surface area contributed by atoms with Crippen LogP contribution in [0.4, 0.5) is 5.82 Å². The molecule has 16 heavy (non-hydrogen) atoms. The first-order valence-electron chi connectivity index (χ1n) is 5.78. The lowest BCUT2D eigenvalue weighted by molar-refractivity contribution is 0.734. The van der Waals surface area contributed by atoms with Crippen molar-refractivity contribution in [3.05, 3.63) is 35.4 Å². The van der Waals surface area contributed by atoms with Gasteiger partial charge in [0.15, 0.2) is 0 Å². The van der Waals surface area contributed by atoms with E-state index in [1.54, 1.807) is 0 Å². The molecule has 84 valence electrons. The lowest BCUT2D eigenvalue weighted by atomic mass is 9.97. The Labute approximate surface area is 96.5 Å². The van der Waals surface area contributed by atoms with Crippen LogP contribution >= 0.6 is 0 Å². The third-order valence-electron chi connectivity index (χ3n) is 3.25. The second-order valence-corrected chi connectivity index (χ2v) is 4.45. The summed E-state index contributed by atoms with van der Waals surface area (Å²) in [7, 11) is 0. The lowest BCUT2D eigenvalue weighted by Gasteiger charge is -2.10. The van der Waals surface area contributed by atoms with E-state index in [9.17, 15) is 0 Å². The fourth-order valence-electron chi connectivity index (χ4n) is 1.86. The summed E-state index contributed by atoms with van der Waals surface area (Å²) in [5.74, 6) is 1.23. The van der Waals surface area contributed by atoms with Crippen molar-refractivity contribution in [3.63, 3.8) is 0 Å². The molecule has 0 fully saturated rings. The average molecular weight is 214 g/mol. The van der Waals surface area contributed by atoms with Crippen LogP contribution in [-0.4, -0.2) is 4.98 Å². The lowest BCUT2D eigenvalue weighted by Crippen LogP contribution is -1.96. The number of aryl methyl sites for hydroxylation is 1. The molecule has 0 aliphatic heterocycles. The van der Waals surface area contributed by atoms with E-state index in [0.29, 0.717) is 11.7 Å². The second kappa shape index (κ2) is 4.12. The number of benzene rings is 1. The second-order valence-electron chi connectivity index (χ2n) is 4.45. The highest BCUT2D eigenvalue weighted by molar-refractivity contribution is 5.82. The molecule has 0 saturated heterocycles. The molecular weight excluding hydrogens is 196 g/mol. The smallest absolute Gasteiger partial charge is 0.127 e. The predicted molar refractivity (Wildman–Crippen MR) is 69.6 cm³/mol. The zero-order valence-electron chi connectivity index (χ0n) is 10.1. The van der Waals surface area contributed by atoms with Gasteiger partial charge in [-0.15, -0.1) is 0 Å². The first-order valence-corrected chi connectivity index (χ1v) is 5.78. The average Bonchev–Trinajstić information content (AvgIpc) is 2.29. The maximum absolute atomic E-state index is 5.80. The van der Waals surface area contributed by atoms with Crippen LogP contribution < -0.4 is 5.73 Å². The van der Waals surface area contributed by atoms with Crippen LogP contribution in [0.1, 0.15) is 37.3 Å². The Bertz CT molecular complexity index is 517. The van der Waals surface area contributed by atoms with Crippen molar-refractivity contribution >= 4 is 16.7 Å². The molecule has 2 rings (SSSR count). The molecule has 2 aromatic rings. The van der Waals surface area contributed by atoms with Gasteiger partial charge < -0.3 is 5.73 Å². The molecule has 1 heterocycles. The molecule has 0 spiro atoms. The molecule has 1 atom stereocenters. The van der Waals surface area contributed by atoms with Crippen LogP contribution in [0.3, 0.4) is 0 Å². The van der Waals surface area contributed by atoms with Gasteiger partial charge in [0.1, 0.15) is 5.82 Å². The van der Waals surface area contributed by atoms with Crippen LogP contribution in [-0.2, 0) is 0 Å². The van der Waals surface area contributed by atoms with Gasteiger partial charge in [0.05, 0.1) is 5.52 Å². The third kappa shape index (κ3) is 1.87. The number of nitrogens with two attached hydrogens (primary N) is 1. The highest BCUT2D eigenvalue weighted by Crippen LogP contribution is 2.24. The first kappa shape index (κ1) is 10.9. The Morgan fingerprint density at radius 1 is 1.31 bits per heavy atom. The van der Waals surface area contributed by atoms with Crippen molar-refractivity contribution in [2.24, 2.45) is 0 Å². The molecule has 2 heteroatoms. The number of fused-ring (bicyclic) bond motifs is 1. The predicted octanol–water partition coefficient (Wildman–Crippen LogP) is 3.64. The van der Waals surface area contributed by atoms with E-state index in [-0.39, 0.29) is 0 Å². The van der Waals surface area contributed by atoms with Crippen molar-refractivity contribution in [2.75, 3.05) is 5.73 Å². The van der Waals surface area contributed by atoms with E-state index in [2.05, 4.69) is 43.1 Å². The molecule has 2 nitrogen and oxygen atoms in total. The van der Waals surface area contributed by atoms with Crippen LogP contribution in [0.25, 0.3) is 10.9 Å². The largest absolute Gasteiger partial charge is 0.383 e. The Kier molecular flexibility index (Phi) is 2.82. The van der Waals surface area contributed by atoms with Gasteiger partial charge in [-0.25, -0.2) is 4.98 Å². The topological polar surface area (TPSA) is 38.9 Å². The van der Waals surface area contributed by atoms with Crippen LogP contribution in [0.15, 0.2) is 24.3 Å². The van der Waals surface area contributed by atoms with Crippen molar-refractivity contribution in [1.82, 2.24) is 4.98 Å². The third-order valence-corrected chi connectivity index (χ3v) is 3.25. The molecule has 1 aromatic carbocycles. The van der Waals surface area contributed by atoms with E-state index >= 15 is 0 Å². The van der Waals surface area contributed by atoms with Gasteiger partial charge in [-0.3, -0.25) is 0 Å². The number of nitrogens with zero attached hydrogens (tertiary/aromatic N) is 1. The summed E-state index contributed by atoms with van der Waals surface area (Å²) in [4.78, 5) is 4.38. The zero-order valence-corrected chi connectivity index (χ0v) is 10.1. The molecular formula is C14H18N2. The van der Waals surface area contributed by atoms with Gasteiger partial charge in [-0.2, -0.15) is 0 Å². The monoisotopic (exact) mass is 214 g/mol. The Morgan fingerprint density at radius 2 is 2.06 bits per heavy atom. The number of pyridine rings is 1. The van der Waals surface area contributed by atoms with Crippen molar-refractivity contribution in [2.45, 2.75) is 33.1 Å². The summed E-state index contributed by atoms with van der Waals surface area (Å²) < 4.78 is 0. The normalized spacial score (nSPS) is 12.9. The van der Waals surface area contributed by atoms with E-state index < -0.39 is 0 Å². The standard InChI is InChI=1S/C14H18N2/c1-4-9(2)11-5-6-13-12(8-11)7-10(3)14(15)16-13/h5-9H,4H2,1-3H3,(H2,15,16). The van der Waals surface area contributed by atoms with Gasteiger partial charge in [0.25, 0.3) is 0 Å². The minimum atomic E-state index is 0.599. The molecule has 1 aromatic heterocycles. The zero-order chi connectivity index (χ0) is 11.7. The fraction of sp³-hybridized carbons (Fsp3) is 0.357. The van der Waals surface area contributed by atoms with Crippen LogP contribution in [0.5, 0.6) is 0 Å². The quantitative estimate of drug-likeness (QED) is 0.829. The number of aromatic nitrogens is 1. The van der Waals surface area contributed by atoms with Gasteiger partial charge in [0.2, 0.25) is 0 Å². The molecule has 0 radical (unpaired) electrons. The van der Waals surface area contributed by atoms with Crippen molar-refractivity contribution < 1.29 is 0 Å². The van der Waals surface area contributed by atoms with Crippen LogP contribution in [0, 0.1) is 6.92 Å². The maximum atomic E-state index is 5.80. The number of hydrogen-bond acceptors (Lipinski definition) is 2. The number of rotatable bonds is 2. The molecule has 2 N–H and O–H groups in total. The summed E-state index contributed by atoms with van der Waals surface area (Å²) in [6, 6.07) is 8.55. The van der Waals surface area contributed by atoms with E-state index in [1.807, 2.05) is 6.92 Å². The Balaban J connectivity index is 2.57. The maximum Gasteiger partial charge on any atom is 0.127 e. The SMILES string of the molecule is CCC(C)c1ccc2nc(N)c(C)cc2c1. The molecule has 0 saturated carbocycles. The van der Waals surface area contributed by atoms with Crippen molar-refractivity contribution in [3.8, 4) is 0 Å². The minimum Gasteiger partial charge on any atom is -0.383 e. The summed E-state index contributed by atoms with van der Waals surface area (Å²) in [6.07, 6.45) is 1.16. The highest BCUT2D eigenvalue weighted by atomic mass is 14.8. The van der Waals surface area contributed by atoms with E-state index in [0.717, 1.165) is 17.5 Å².